The monoisotopic (exact) mass is 253 g/mol. The normalized spacial score (nSPS) is 23.9. The van der Waals surface area contributed by atoms with Gasteiger partial charge < -0.3 is 10.1 Å². The van der Waals surface area contributed by atoms with E-state index < -0.39 is 0 Å². The molecule has 0 bridgehead atoms. The maximum absolute atomic E-state index is 6.05. The Morgan fingerprint density at radius 2 is 2.06 bits per heavy atom. The summed E-state index contributed by atoms with van der Waals surface area (Å²) >= 11 is 6.05. The first kappa shape index (κ1) is 12.9. The van der Waals surface area contributed by atoms with E-state index in [9.17, 15) is 0 Å². The van der Waals surface area contributed by atoms with Gasteiger partial charge in [-0.15, -0.1) is 0 Å². The van der Waals surface area contributed by atoms with E-state index in [1.54, 1.807) is 7.11 Å². The van der Waals surface area contributed by atoms with Crippen LogP contribution in [0.15, 0.2) is 34.9 Å². The van der Waals surface area contributed by atoms with Crippen molar-refractivity contribution in [2.24, 2.45) is 5.41 Å². The fourth-order valence-electron chi connectivity index (χ4n) is 2.70. The molecular weight excluding hydrogens is 234 g/mol. The van der Waals surface area contributed by atoms with E-state index in [1.165, 1.54) is 5.57 Å². The highest BCUT2D eigenvalue weighted by atomic mass is 35.5. The molecule has 0 aromatic rings. The second kappa shape index (κ2) is 5.85. The highest BCUT2D eigenvalue weighted by molar-refractivity contribution is 6.31. The number of halogens is 1. The van der Waals surface area contributed by atoms with E-state index in [2.05, 4.69) is 17.5 Å². The highest BCUT2D eigenvalue weighted by Crippen LogP contribution is 2.39. The predicted octanol–water partition coefficient (Wildman–Crippen LogP) is 3.01. The number of piperidine rings is 1. The summed E-state index contributed by atoms with van der Waals surface area (Å²) in [6.45, 7) is 2.92. The molecule has 1 saturated heterocycles. The molecule has 0 unspecified atom stereocenters. The van der Waals surface area contributed by atoms with Crippen LogP contribution in [-0.4, -0.2) is 26.8 Å². The molecule has 94 valence electrons. The fourth-order valence-corrected chi connectivity index (χ4v) is 2.85. The van der Waals surface area contributed by atoms with Crippen molar-refractivity contribution in [2.45, 2.75) is 19.3 Å². The van der Waals surface area contributed by atoms with Crippen LogP contribution in [0.25, 0.3) is 0 Å². The molecule has 2 aliphatic rings. The molecular formula is C14H20ClNO. The Bertz CT molecular complexity index is 346. The molecule has 0 spiro atoms. The van der Waals surface area contributed by atoms with Gasteiger partial charge in [0.2, 0.25) is 0 Å². The number of allylic oxidation sites excluding steroid dienone is 5. The van der Waals surface area contributed by atoms with E-state index in [1.807, 2.05) is 12.2 Å². The Kier molecular flexibility index (Phi) is 4.43. The topological polar surface area (TPSA) is 21.3 Å². The van der Waals surface area contributed by atoms with Crippen molar-refractivity contribution in [3.63, 3.8) is 0 Å². The molecule has 2 nitrogen and oxygen atoms in total. The summed E-state index contributed by atoms with van der Waals surface area (Å²) in [5, 5.41) is 4.25. The maximum Gasteiger partial charge on any atom is 0.0559 e. The number of nitrogens with one attached hydrogen (secondary N) is 1. The lowest BCUT2D eigenvalue weighted by Gasteiger charge is -2.38. The molecule has 0 amide bonds. The summed E-state index contributed by atoms with van der Waals surface area (Å²) in [6, 6.07) is 0. The minimum atomic E-state index is 0.172. The van der Waals surface area contributed by atoms with E-state index in [0.29, 0.717) is 0 Å². The van der Waals surface area contributed by atoms with Crippen molar-refractivity contribution in [1.82, 2.24) is 5.32 Å². The minimum absolute atomic E-state index is 0.172. The molecule has 1 heterocycles. The quantitative estimate of drug-likeness (QED) is 0.835. The Morgan fingerprint density at radius 3 is 2.76 bits per heavy atom. The van der Waals surface area contributed by atoms with Gasteiger partial charge in [-0.05, 0) is 44.0 Å². The van der Waals surface area contributed by atoms with Crippen LogP contribution in [-0.2, 0) is 4.74 Å². The summed E-state index contributed by atoms with van der Waals surface area (Å²) < 4.78 is 5.45. The maximum atomic E-state index is 6.05. The zero-order chi connectivity index (χ0) is 12.1. The van der Waals surface area contributed by atoms with Gasteiger partial charge in [0, 0.05) is 17.6 Å². The van der Waals surface area contributed by atoms with Crippen LogP contribution >= 0.6 is 11.6 Å². The number of methoxy groups -OCH3 is 1. The Balaban J connectivity index is 2.21. The molecule has 1 fully saturated rings. The molecule has 0 radical (unpaired) electrons. The molecule has 0 saturated carbocycles. The van der Waals surface area contributed by atoms with Gasteiger partial charge in [-0.2, -0.15) is 0 Å². The molecule has 2 rings (SSSR count). The summed E-state index contributed by atoms with van der Waals surface area (Å²) in [5.74, 6) is 0. The summed E-state index contributed by atoms with van der Waals surface area (Å²) in [6.07, 6.45) is 11.7. The van der Waals surface area contributed by atoms with Crippen LogP contribution in [0.3, 0.4) is 0 Å². The lowest BCUT2D eigenvalue weighted by molar-refractivity contribution is 0.0827. The molecule has 1 N–H and O–H groups in total. The van der Waals surface area contributed by atoms with Crippen molar-refractivity contribution in [3.8, 4) is 0 Å². The fraction of sp³-hybridized carbons (Fsp3) is 0.571. The minimum Gasteiger partial charge on any atom is -0.384 e. The van der Waals surface area contributed by atoms with Crippen LogP contribution < -0.4 is 5.32 Å². The largest absolute Gasteiger partial charge is 0.384 e. The van der Waals surface area contributed by atoms with Gasteiger partial charge in [-0.3, -0.25) is 0 Å². The van der Waals surface area contributed by atoms with Gasteiger partial charge in [0.15, 0.2) is 0 Å². The van der Waals surface area contributed by atoms with Crippen LogP contribution in [0.1, 0.15) is 19.3 Å². The van der Waals surface area contributed by atoms with Crippen molar-refractivity contribution in [3.05, 3.63) is 34.9 Å². The van der Waals surface area contributed by atoms with Gasteiger partial charge >= 0.3 is 0 Å². The van der Waals surface area contributed by atoms with Crippen molar-refractivity contribution >= 4 is 11.6 Å². The third-order valence-electron chi connectivity index (χ3n) is 3.67. The second-order valence-electron chi connectivity index (χ2n) is 4.78. The van der Waals surface area contributed by atoms with Gasteiger partial charge in [0.05, 0.1) is 6.61 Å². The van der Waals surface area contributed by atoms with Gasteiger partial charge in [0.1, 0.15) is 0 Å². The van der Waals surface area contributed by atoms with Crippen LogP contribution in [0.4, 0.5) is 0 Å². The van der Waals surface area contributed by atoms with Crippen molar-refractivity contribution in [2.75, 3.05) is 26.8 Å². The third-order valence-corrected chi connectivity index (χ3v) is 3.95. The van der Waals surface area contributed by atoms with Crippen LogP contribution in [0, 0.1) is 5.41 Å². The molecule has 17 heavy (non-hydrogen) atoms. The van der Waals surface area contributed by atoms with Gasteiger partial charge in [-0.1, -0.05) is 29.8 Å². The predicted molar refractivity (Wildman–Crippen MR) is 72.2 cm³/mol. The molecule has 3 heteroatoms. The lowest BCUT2D eigenvalue weighted by Crippen LogP contribution is -2.40. The van der Waals surface area contributed by atoms with E-state index >= 15 is 0 Å². The molecule has 1 aliphatic heterocycles. The number of rotatable bonds is 3. The van der Waals surface area contributed by atoms with E-state index in [-0.39, 0.29) is 5.41 Å². The smallest absolute Gasteiger partial charge is 0.0559 e. The van der Waals surface area contributed by atoms with Crippen molar-refractivity contribution < 1.29 is 4.74 Å². The summed E-state index contributed by atoms with van der Waals surface area (Å²) in [4.78, 5) is 0. The Labute approximate surface area is 108 Å². The first-order valence-electron chi connectivity index (χ1n) is 6.21. The first-order valence-corrected chi connectivity index (χ1v) is 6.59. The summed E-state index contributed by atoms with van der Waals surface area (Å²) in [5.41, 5.74) is 1.55. The Morgan fingerprint density at radius 1 is 1.29 bits per heavy atom. The van der Waals surface area contributed by atoms with Crippen LogP contribution in [0.2, 0.25) is 0 Å². The number of hydrogen-bond acceptors (Lipinski definition) is 2. The first-order chi connectivity index (χ1) is 8.27. The van der Waals surface area contributed by atoms with Crippen molar-refractivity contribution in [1.29, 1.82) is 0 Å². The molecule has 0 aromatic heterocycles. The van der Waals surface area contributed by atoms with Gasteiger partial charge in [0.25, 0.3) is 0 Å². The zero-order valence-electron chi connectivity index (χ0n) is 10.3. The van der Waals surface area contributed by atoms with E-state index in [4.69, 9.17) is 16.3 Å². The zero-order valence-corrected chi connectivity index (χ0v) is 11.1. The SMILES string of the molecule is COCC1(C2=CCC=C(Cl)C=C2)CCNCC1. The standard InChI is InChI=1S/C14H20ClNO/c1-17-11-14(7-9-16-10-8-14)12-3-2-4-13(15)6-5-12/h3-6,16H,2,7-11H2,1H3. The van der Waals surface area contributed by atoms with Gasteiger partial charge in [-0.25, -0.2) is 0 Å². The molecule has 1 aliphatic carbocycles. The Hall–Kier alpha value is -0.570. The van der Waals surface area contributed by atoms with E-state index in [0.717, 1.165) is 44.0 Å². The second-order valence-corrected chi connectivity index (χ2v) is 5.22. The molecule has 0 aromatic carbocycles. The lowest BCUT2D eigenvalue weighted by atomic mass is 9.73. The molecule has 0 atom stereocenters. The average molecular weight is 254 g/mol. The average Bonchev–Trinajstić information content (AvgIpc) is 2.56. The number of ether oxygens (including phenoxy) is 1. The third kappa shape index (κ3) is 3.01. The highest BCUT2D eigenvalue weighted by Gasteiger charge is 2.34. The summed E-state index contributed by atoms with van der Waals surface area (Å²) in [7, 11) is 1.79. The number of hydrogen-bond donors (Lipinski definition) is 1. The van der Waals surface area contributed by atoms with Crippen LogP contribution in [0.5, 0.6) is 0 Å².